The zero-order valence-electron chi connectivity index (χ0n) is 14.8. The Bertz CT molecular complexity index is 908. The molecule has 3 N–H and O–H groups in total. The molecule has 2 amide bonds. The molecule has 0 spiro atoms. The molecular weight excluding hydrogens is 372 g/mol. The van der Waals surface area contributed by atoms with Crippen LogP contribution >= 0.6 is 0 Å². The highest BCUT2D eigenvalue weighted by atomic mass is 32.2. The number of nitrogens with one attached hydrogen (secondary N) is 2. The van der Waals surface area contributed by atoms with Gasteiger partial charge in [-0.25, -0.2) is 8.42 Å². The molecule has 8 nitrogen and oxygen atoms in total. The first-order valence-corrected chi connectivity index (χ1v) is 9.68. The number of amides is 2. The van der Waals surface area contributed by atoms with Crippen molar-refractivity contribution in [2.45, 2.75) is 12.2 Å². The highest BCUT2D eigenvalue weighted by Gasteiger charge is 2.30. The van der Waals surface area contributed by atoms with E-state index in [1.807, 2.05) is 0 Å². The molecule has 0 radical (unpaired) electrons. The number of hydrogen-bond acceptors (Lipinski definition) is 6. The lowest BCUT2D eigenvalue weighted by Gasteiger charge is -2.13. The number of rotatable bonds is 7. The number of carbonyl (C=O) groups excluding carboxylic acids is 2. The van der Waals surface area contributed by atoms with E-state index in [0.29, 0.717) is 17.1 Å². The molecule has 2 aromatic carbocycles. The first-order chi connectivity index (χ1) is 12.7. The van der Waals surface area contributed by atoms with Gasteiger partial charge in [0.2, 0.25) is 11.8 Å². The monoisotopic (exact) mass is 392 g/mol. The van der Waals surface area contributed by atoms with Crippen LogP contribution < -0.4 is 15.4 Å². The van der Waals surface area contributed by atoms with Crippen LogP contribution in [0.5, 0.6) is 11.5 Å². The summed E-state index contributed by atoms with van der Waals surface area (Å²) in [4.78, 5) is 24.2. The van der Waals surface area contributed by atoms with Gasteiger partial charge < -0.3 is 20.5 Å². The summed E-state index contributed by atoms with van der Waals surface area (Å²) >= 11 is 0. The van der Waals surface area contributed by atoms with E-state index in [4.69, 9.17) is 4.74 Å². The summed E-state index contributed by atoms with van der Waals surface area (Å²) in [5.74, 6) is -1.73. The average Bonchev–Trinajstić information content (AvgIpc) is 2.63. The molecule has 0 aliphatic carbocycles. The highest BCUT2D eigenvalue weighted by molar-refractivity contribution is 7.93. The number of sulfone groups is 1. The Labute approximate surface area is 157 Å². The second-order valence-electron chi connectivity index (χ2n) is 5.76. The Morgan fingerprint density at radius 1 is 1.00 bits per heavy atom. The van der Waals surface area contributed by atoms with Gasteiger partial charge in [-0.15, -0.1) is 0 Å². The van der Waals surface area contributed by atoms with Gasteiger partial charge in [-0.3, -0.25) is 9.59 Å². The molecule has 0 fully saturated rings. The molecule has 144 valence electrons. The van der Waals surface area contributed by atoms with Gasteiger partial charge in [0.05, 0.1) is 7.11 Å². The molecule has 0 aliphatic heterocycles. The Balaban J connectivity index is 1.97. The standard InChI is InChI=1S/C18H20N2O6S/c1-12(18(23)20-14-3-7-15(21)8-4-14)27(24,25)11-17(22)19-13-5-9-16(26-2)10-6-13/h3-10,12,21H,11H2,1-2H3,(H,19,22)(H,20,23). The third-order valence-electron chi connectivity index (χ3n) is 3.75. The van der Waals surface area contributed by atoms with Gasteiger partial charge in [-0.1, -0.05) is 0 Å². The summed E-state index contributed by atoms with van der Waals surface area (Å²) in [7, 11) is -2.51. The number of phenols is 1. The molecule has 2 rings (SSSR count). The van der Waals surface area contributed by atoms with E-state index < -0.39 is 32.7 Å². The summed E-state index contributed by atoms with van der Waals surface area (Å²) in [5, 5.41) is 12.7. The Morgan fingerprint density at radius 2 is 1.52 bits per heavy atom. The predicted molar refractivity (Wildman–Crippen MR) is 102 cm³/mol. The topological polar surface area (TPSA) is 122 Å². The van der Waals surface area contributed by atoms with Crippen LogP contribution in [0.4, 0.5) is 11.4 Å². The summed E-state index contributed by atoms with van der Waals surface area (Å²) in [6.45, 7) is 1.21. The Hall–Kier alpha value is -3.07. The second-order valence-corrected chi connectivity index (χ2v) is 8.08. The molecule has 1 unspecified atom stereocenters. The molecule has 2 aromatic rings. The summed E-state index contributed by atoms with van der Waals surface area (Å²) in [6.07, 6.45) is 0. The lowest BCUT2D eigenvalue weighted by atomic mass is 10.3. The van der Waals surface area contributed by atoms with Crippen LogP contribution in [0.15, 0.2) is 48.5 Å². The number of ether oxygens (including phenoxy) is 1. The maximum absolute atomic E-state index is 12.3. The van der Waals surface area contributed by atoms with Crippen molar-refractivity contribution in [3.8, 4) is 11.5 Å². The molecule has 0 aliphatic rings. The van der Waals surface area contributed by atoms with Crippen molar-refractivity contribution in [2.24, 2.45) is 0 Å². The van der Waals surface area contributed by atoms with E-state index in [1.165, 1.54) is 38.3 Å². The van der Waals surface area contributed by atoms with Gasteiger partial charge in [-0.2, -0.15) is 0 Å². The molecule has 0 heterocycles. The fourth-order valence-electron chi connectivity index (χ4n) is 2.13. The first-order valence-electron chi connectivity index (χ1n) is 7.96. The largest absolute Gasteiger partial charge is 0.508 e. The highest BCUT2D eigenvalue weighted by Crippen LogP contribution is 2.17. The summed E-state index contributed by atoms with van der Waals surface area (Å²) < 4.78 is 29.7. The van der Waals surface area contributed by atoms with E-state index in [9.17, 15) is 23.1 Å². The first kappa shape index (κ1) is 20.2. The molecule has 0 bridgehead atoms. The third kappa shape index (κ3) is 5.71. The number of benzene rings is 2. The summed E-state index contributed by atoms with van der Waals surface area (Å²) in [6, 6.07) is 12.0. The molecule has 0 saturated heterocycles. The van der Waals surface area contributed by atoms with E-state index in [-0.39, 0.29) is 5.75 Å². The third-order valence-corrected chi connectivity index (χ3v) is 5.70. The minimum absolute atomic E-state index is 0.0175. The maximum Gasteiger partial charge on any atom is 0.242 e. The van der Waals surface area contributed by atoms with Crippen molar-refractivity contribution in [3.63, 3.8) is 0 Å². The van der Waals surface area contributed by atoms with Crippen LogP contribution in [0.1, 0.15) is 6.92 Å². The summed E-state index contributed by atoms with van der Waals surface area (Å²) in [5.41, 5.74) is 0.750. The van der Waals surface area contributed by atoms with Crippen LogP contribution in [-0.2, 0) is 19.4 Å². The average molecular weight is 392 g/mol. The molecule has 0 saturated carbocycles. The van der Waals surface area contributed by atoms with Crippen LogP contribution in [0.3, 0.4) is 0 Å². The lowest BCUT2D eigenvalue weighted by molar-refractivity contribution is -0.115. The predicted octanol–water partition coefficient (Wildman–Crippen LogP) is 1.78. The number of methoxy groups -OCH3 is 1. The molecule has 0 aromatic heterocycles. The zero-order chi connectivity index (χ0) is 20.0. The van der Waals surface area contributed by atoms with Gasteiger partial charge in [-0.05, 0) is 55.5 Å². The second kappa shape index (κ2) is 8.54. The Morgan fingerprint density at radius 3 is 2.07 bits per heavy atom. The van der Waals surface area contributed by atoms with Crippen LogP contribution in [0, 0.1) is 0 Å². The van der Waals surface area contributed by atoms with Gasteiger partial charge in [0.25, 0.3) is 0 Å². The molecule has 1 atom stereocenters. The van der Waals surface area contributed by atoms with Crippen molar-refractivity contribution < 1.29 is 27.9 Å². The number of hydrogen-bond donors (Lipinski definition) is 3. The van der Waals surface area contributed by atoms with Crippen molar-refractivity contribution in [3.05, 3.63) is 48.5 Å². The number of anilines is 2. The maximum atomic E-state index is 12.3. The van der Waals surface area contributed by atoms with Crippen molar-refractivity contribution >= 4 is 33.0 Å². The Kier molecular flexibility index (Phi) is 6.40. The molecular formula is C18H20N2O6S. The van der Waals surface area contributed by atoms with E-state index in [1.54, 1.807) is 24.3 Å². The van der Waals surface area contributed by atoms with E-state index in [2.05, 4.69) is 10.6 Å². The van der Waals surface area contributed by atoms with E-state index in [0.717, 1.165) is 0 Å². The normalized spacial score (nSPS) is 12.1. The SMILES string of the molecule is COc1ccc(NC(=O)CS(=O)(=O)C(C)C(=O)Nc2ccc(O)cc2)cc1. The van der Waals surface area contributed by atoms with Crippen molar-refractivity contribution in [1.82, 2.24) is 0 Å². The minimum atomic E-state index is -4.02. The number of aromatic hydroxyl groups is 1. The number of phenolic OH excluding ortho intramolecular Hbond substituents is 1. The zero-order valence-corrected chi connectivity index (χ0v) is 15.6. The van der Waals surface area contributed by atoms with Crippen molar-refractivity contribution in [2.75, 3.05) is 23.5 Å². The van der Waals surface area contributed by atoms with Crippen LogP contribution in [0.2, 0.25) is 0 Å². The molecule has 27 heavy (non-hydrogen) atoms. The van der Waals surface area contributed by atoms with Gasteiger partial charge in [0.1, 0.15) is 22.5 Å². The van der Waals surface area contributed by atoms with Gasteiger partial charge in [0, 0.05) is 11.4 Å². The smallest absolute Gasteiger partial charge is 0.242 e. The van der Waals surface area contributed by atoms with Crippen LogP contribution in [-0.4, -0.2) is 43.5 Å². The minimum Gasteiger partial charge on any atom is -0.508 e. The fourth-order valence-corrected chi connectivity index (χ4v) is 3.20. The van der Waals surface area contributed by atoms with E-state index >= 15 is 0 Å². The number of carbonyl (C=O) groups is 2. The molecule has 9 heteroatoms. The van der Waals surface area contributed by atoms with Gasteiger partial charge >= 0.3 is 0 Å². The van der Waals surface area contributed by atoms with Gasteiger partial charge in [0.15, 0.2) is 9.84 Å². The quantitative estimate of drug-likeness (QED) is 0.618. The lowest BCUT2D eigenvalue weighted by Crippen LogP contribution is -2.37. The fraction of sp³-hybridized carbons (Fsp3) is 0.222. The van der Waals surface area contributed by atoms with Crippen molar-refractivity contribution in [1.29, 1.82) is 0 Å². The van der Waals surface area contributed by atoms with Crippen LogP contribution in [0.25, 0.3) is 0 Å².